The zero-order valence-corrected chi connectivity index (χ0v) is 28.3. The van der Waals surface area contributed by atoms with Crippen molar-refractivity contribution in [1.29, 1.82) is 0 Å². The summed E-state index contributed by atoms with van der Waals surface area (Å²) in [4.78, 5) is 50.1. The van der Waals surface area contributed by atoms with Gasteiger partial charge in [-0.1, -0.05) is 35.4 Å². The second kappa shape index (κ2) is 14.9. The van der Waals surface area contributed by atoms with Crippen LogP contribution in [0.15, 0.2) is 76.5 Å². The van der Waals surface area contributed by atoms with Gasteiger partial charge in [0.25, 0.3) is 0 Å². The number of aryl methyl sites for hydroxylation is 2. The second-order valence-electron chi connectivity index (χ2n) is 11.4. The third kappa shape index (κ3) is 8.70. The molecule has 0 saturated carbocycles. The fourth-order valence-corrected chi connectivity index (χ4v) is 6.91. The minimum absolute atomic E-state index is 0.0831. The van der Waals surface area contributed by atoms with Crippen molar-refractivity contribution >= 4 is 43.9 Å². The number of benzene rings is 3. The Morgan fingerprint density at radius 3 is 1.37 bits per heavy atom. The van der Waals surface area contributed by atoms with Crippen molar-refractivity contribution in [2.24, 2.45) is 0 Å². The van der Waals surface area contributed by atoms with Crippen molar-refractivity contribution in [1.82, 2.24) is 9.80 Å². The standard InChI is InChI=1S/C33H34N2O12S2/c1-22-3-8-25(9-4-22)48(40,41)46-27-12-7-24(21-28(27)47-49(42,43)26-10-5-23(2)6-11-26)33(44-19-17-34-29(36)13-14-30(34)37)45-20-18-35-31(38)15-16-32(35)39/h3-12,21,33H,13-20H2,1-2H3. The molecule has 0 bridgehead atoms. The molecule has 49 heavy (non-hydrogen) atoms. The first-order chi connectivity index (χ1) is 23.2. The van der Waals surface area contributed by atoms with Gasteiger partial charge in [0.15, 0.2) is 17.8 Å². The summed E-state index contributed by atoms with van der Waals surface area (Å²) >= 11 is 0. The van der Waals surface area contributed by atoms with Crippen LogP contribution >= 0.6 is 0 Å². The quantitative estimate of drug-likeness (QED) is 0.128. The van der Waals surface area contributed by atoms with Crippen molar-refractivity contribution in [3.05, 3.63) is 83.4 Å². The van der Waals surface area contributed by atoms with Crippen LogP contribution in [0.5, 0.6) is 11.5 Å². The predicted octanol–water partition coefficient (Wildman–Crippen LogP) is 3.17. The molecule has 4 amide bonds. The highest BCUT2D eigenvalue weighted by Gasteiger charge is 2.31. The van der Waals surface area contributed by atoms with E-state index >= 15 is 0 Å². The molecule has 0 aromatic heterocycles. The number of nitrogens with zero attached hydrogens (tertiary/aromatic N) is 2. The third-order valence-corrected chi connectivity index (χ3v) is 10.2. The van der Waals surface area contributed by atoms with Gasteiger partial charge in [-0.25, -0.2) is 0 Å². The summed E-state index contributed by atoms with van der Waals surface area (Å²) in [6, 6.07) is 15.3. The van der Waals surface area contributed by atoms with Crippen molar-refractivity contribution in [3.63, 3.8) is 0 Å². The highest BCUT2D eigenvalue weighted by molar-refractivity contribution is 7.87. The third-order valence-electron chi connectivity index (χ3n) is 7.74. The molecule has 0 radical (unpaired) electrons. The van der Waals surface area contributed by atoms with E-state index in [4.69, 9.17) is 17.8 Å². The zero-order chi connectivity index (χ0) is 35.3. The lowest BCUT2D eigenvalue weighted by atomic mass is 10.2. The molecular formula is C33H34N2O12S2. The Balaban J connectivity index is 1.46. The highest BCUT2D eigenvalue weighted by Crippen LogP contribution is 2.36. The molecular weight excluding hydrogens is 680 g/mol. The summed E-state index contributed by atoms with van der Waals surface area (Å²) in [6.07, 6.45) is -0.980. The Bertz CT molecular complexity index is 1890. The molecule has 260 valence electrons. The number of ether oxygens (including phenoxy) is 2. The first-order valence-corrected chi connectivity index (χ1v) is 18.1. The normalized spacial score (nSPS) is 15.5. The van der Waals surface area contributed by atoms with Gasteiger partial charge in [-0.15, -0.1) is 0 Å². The molecule has 16 heteroatoms. The van der Waals surface area contributed by atoms with Crippen molar-refractivity contribution < 1.29 is 53.9 Å². The van der Waals surface area contributed by atoms with Crippen LogP contribution in [0.2, 0.25) is 0 Å². The maximum Gasteiger partial charge on any atom is 0.339 e. The number of carbonyl (C=O) groups excluding carboxylic acids is 4. The number of imide groups is 2. The van der Waals surface area contributed by atoms with E-state index in [9.17, 15) is 36.0 Å². The maximum atomic E-state index is 13.4. The number of carbonyl (C=O) groups is 4. The molecule has 0 spiro atoms. The van der Waals surface area contributed by atoms with Gasteiger partial charge in [0.2, 0.25) is 23.6 Å². The van der Waals surface area contributed by atoms with E-state index in [2.05, 4.69) is 0 Å². The molecule has 0 unspecified atom stereocenters. The molecule has 2 aliphatic heterocycles. The van der Waals surface area contributed by atoms with Crippen LogP contribution in [-0.2, 0) is 48.9 Å². The van der Waals surface area contributed by atoms with Crippen LogP contribution in [0, 0.1) is 13.8 Å². The largest absolute Gasteiger partial charge is 0.375 e. The van der Waals surface area contributed by atoms with E-state index in [-0.39, 0.29) is 91.0 Å². The number of likely N-dealkylation sites (tertiary alicyclic amines) is 2. The summed E-state index contributed by atoms with van der Waals surface area (Å²) in [7, 11) is -8.98. The smallest absolute Gasteiger partial charge is 0.339 e. The van der Waals surface area contributed by atoms with Gasteiger partial charge in [0, 0.05) is 31.2 Å². The predicted molar refractivity (Wildman–Crippen MR) is 171 cm³/mol. The highest BCUT2D eigenvalue weighted by atomic mass is 32.2. The van der Waals surface area contributed by atoms with Gasteiger partial charge < -0.3 is 17.8 Å². The van der Waals surface area contributed by atoms with E-state index in [1.165, 1.54) is 36.4 Å². The van der Waals surface area contributed by atoms with E-state index < -0.39 is 38.0 Å². The Morgan fingerprint density at radius 2 is 0.959 bits per heavy atom. The molecule has 2 fully saturated rings. The molecule has 2 saturated heterocycles. The van der Waals surface area contributed by atoms with Gasteiger partial charge in [-0.2, -0.15) is 16.8 Å². The summed E-state index contributed by atoms with van der Waals surface area (Å²) in [5.41, 5.74) is 1.73. The Labute approximate surface area is 283 Å². The number of rotatable bonds is 15. The SMILES string of the molecule is Cc1ccc(S(=O)(=O)Oc2ccc(C(OCCN3C(=O)CCC3=O)OCCN3C(=O)CCC3=O)cc2OS(=O)(=O)c2ccc(C)cc2)cc1. The average molecular weight is 715 g/mol. The van der Waals surface area contributed by atoms with Crippen molar-refractivity contribution in [2.45, 2.75) is 55.6 Å². The van der Waals surface area contributed by atoms with Gasteiger partial charge in [0.05, 0.1) is 26.3 Å². The monoisotopic (exact) mass is 714 g/mol. The van der Waals surface area contributed by atoms with Crippen LogP contribution in [0.4, 0.5) is 0 Å². The zero-order valence-electron chi connectivity index (χ0n) is 26.7. The fraction of sp³-hybridized carbons (Fsp3) is 0.333. The number of amides is 4. The van der Waals surface area contributed by atoms with Crippen molar-refractivity contribution in [2.75, 3.05) is 26.3 Å². The van der Waals surface area contributed by atoms with Crippen LogP contribution in [-0.4, -0.2) is 76.6 Å². The minimum atomic E-state index is -4.52. The fourth-order valence-electron chi connectivity index (χ4n) is 5.03. The molecule has 5 rings (SSSR count). The molecule has 0 aliphatic carbocycles. The van der Waals surface area contributed by atoms with Gasteiger partial charge >= 0.3 is 20.2 Å². The Hall–Kier alpha value is -4.64. The Kier molecular flexibility index (Phi) is 10.8. The van der Waals surface area contributed by atoms with Crippen molar-refractivity contribution in [3.8, 4) is 11.5 Å². The summed E-state index contributed by atoms with van der Waals surface area (Å²) in [5, 5.41) is 0. The lowest BCUT2D eigenvalue weighted by Gasteiger charge is -2.23. The Morgan fingerprint density at radius 1 is 0.571 bits per heavy atom. The van der Waals surface area contributed by atoms with Gasteiger partial charge in [-0.05, 0) is 56.3 Å². The molecule has 3 aromatic carbocycles. The molecule has 0 atom stereocenters. The molecule has 14 nitrogen and oxygen atoms in total. The van der Waals surface area contributed by atoms with E-state index in [0.29, 0.717) is 0 Å². The maximum absolute atomic E-state index is 13.4. The first-order valence-electron chi connectivity index (χ1n) is 15.3. The van der Waals surface area contributed by atoms with Gasteiger partial charge in [0.1, 0.15) is 9.79 Å². The lowest BCUT2D eigenvalue weighted by Crippen LogP contribution is -2.34. The van der Waals surface area contributed by atoms with Gasteiger partial charge in [-0.3, -0.25) is 29.0 Å². The summed E-state index contributed by atoms with van der Waals surface area (Å²) in [5.74, 6) is -2.40. The second-order valence-corrected chi connectivity index (χ2v) is 14.5. The number of hydrogen-bond donors (Lipinski definition) is 0. The minimum Gasteiger partial charge on any atom is -0.375 e. The molecule has 3 aromatic rings. The van der Waals surface area contributed by atoms with E-state index in [0.717, 1.165) is 27.0 Å². The first kappa shape index (κ1) is 35.7. The van der Waals surface area contributed by atoms with E-state index in [1.807, 2.05) is 0 Å². The lowest BCUT2D eigenvalue weighted by molar-refractivity contribution is -0.160. The molecule has 2 aliphatic rings. The van der Waals surface area contributed by atoms with Crippen LogP contribution < -0.4 is 8.37 Å². The van der Waals surface area contributed by atoms with E-state index in [1.54, 1.807) is 38.1 Å². The average Bonchev–Trinajstić information content (AvgIpc) is 3.55. The van der Waals surface area contributed by atoms with Crippen LogP contribution in [0.3, 0.4) is 0 Å². The summed E-state index contributed by atoms with van der Waals surface area (Å²) < 4.78 is 75.7. The topological polar surface area (TPSA) is 180 Å². The molecule has 2 heterocycles. The van der Waals surface area contributed by atoms with Crippen LogP contribution in [0.25, 0.3) is 0 Å². The summed E-state index contributed by atoms with van der Waals surface area (Å²) in [6.45, 7) is 2.97. The molecule has 0 N–H and O–H groups in total. The number of hydrogen-bond acceptors (Lipinski definition) is 12. The van der Waals surface area contributed by atoms with Crippen LogP contribution in [0.1, 0.15) is 48.7 Å².